The summed E-state index contributed by atoms with van der Waals surface area (Å²) in [7, 11) is 0. The molecule has 0 spiro atoms. The molecule has 1 aromatic heterocycles. The number of hydrogen-bond donors (Lipinski definition) is 2. The SMILES string of the molecule is O=C(NCC(O)C(F)F)c1csc(Br)c1. The lowest BCUT2D eigenvalue weighted by Gasteiger charge is -2.09. The van der Waals surface area contributed by atoms with Crippen LogP contribution in [0.5, 0.6) is 0 Å². The maximum atomic E-state index is 11.9. The quantitative estimate of drug-likeness (QED) is 0.892. The Bertz CT molecular complexity index is 345. The lowest BCUT2D eigenvalue weighted by atomic mass is 10.3. The second-order valence-corrected chi connectivity index (χ2v) is 5.04. The van der Waals surface area contributed by atoms with Crippen LogP contribution in [0.3, 0.4) is 0 Å². The third-order valence-electron chi connectivity index (χ3n) is 1.59. The lowest BCUT2D eigenvalue weighted by molar-refractivity contribution is -0.00270. The molecule has 1 aromatic rings. The van der Waals surface area contributed by atoms with Gasteiger partial charge in [0, 0.05) is 11.9 Å². The second kappa shape index (κ2) is 5.53. The molecule has 0 radical (unpaired) electrons. The molecule has 0 aromatic carbocycles. The summed E-state index contributed by atoms with van der Waals surface area (Å²) in [6.45, 7) is -0.454. The monoisotopic (exact) mass is 299 g/mol. The summed E-state index contributed by atoms with van der Waals surface area (Å²) >= 11 is 4.49. The highest BCUT2D eigenvalue weighted by Crippen LogP contribution is 2.20. The van der Waals surface area contributed by atoms with Gasteiger partial charge < -0.3 is 10.4 Å². The summed E-state index contributed by atoms with van der Waals surface area (Å²) < 4.78 is 24.5. The largest absolute Gasteiger partial charge is 0.385 e. The Kier molecular flexibility index (Phi) is 4.62. The van der Waals surface area contributed by atoms with Crippen molar-refractivity contribution in [3.8, 4) is 0 Å². The van der Waals surface area contributed by atoms with Crippen molar-refractivity contribution < 1.29 is 18.7 Å². The van der Waals surface area contributed by atoms with E-state index in [1.807, 2.05) is 0 Å². The van der Waals surface area contributed by atoms with E-state index in [4.69, 9.17) is 5.11 Å². The van der Waals surface area contributed by atoms with E-state index in [1.54, 1.807) is 11.4 Å². The van der Waals surface area contributed by atoms with E-state index in [2.05, 4.69) is 21.2 Å². The third-order valence-corrected chi connectivity index (χ3v) is 3.10. The van der Waals surface area contributed by atoms with Crippen molar-refractivity contribution in [2.45, 2.75) is 12.5 Å². The van der Waals surface area contributed by atoms with Gasteiger partial charge in [0.1, 0.15) is 6.10 Å². The molecule has 0 fully saturated rings. The molecule has 1 unspecified atom stereocenters. The van der Waals surface area contributed by atoms with Crippen LogP contribution in [0.25, 0.3) is 0 Å². The Morgan fingerprint density at radius 1 is 1.67 bits per heavy atom. The molecule has 1 rings (SSSR count). The average Bonchev–Trinajstić information content (AvgIpc) is 2.60. The first-order valence-electron chi connectivity index (χ1n) is 3.99. The molecule has 0 saturated carbocycles. The average molecular weight is 300 g/mol. The van der Waals surface area contributed by atoms with Crippen molar-refractivity contribution in [1.29, 1.82) is 0 Å². The molecule has 1 heterocycles. The molecular weight excluding hydrogens is 292 g/mol. The van der Waals surface area contributed by atoms with E-state index in [9.17, 15) is 13.6 Å². The van der Waals surface area contributed by atoms with Crippen LogP contribution >= 0.6 is 27.3 Å². The van der Waals surface area contributed by atoms with Gasteiger partial charge in [-0.1, -0.05) is 0 Å². The summed E-state index contributed by atoms with van der Waals surface area (Å²) in [5.41, 5.74) is 0.383. The van der Waals surface area contributed by atoms with Gasteiger partial charge in [-0.05, 0) is 22.0 Å². The Morgan fingerprint density at radius 3 is 2.80 bits per heavy atom. The fourth-order valence-corrected chi connectivity index (χ4v) is 1.95. The highest BCUT2D eigenvalue weighted by atomic mass is 79.9. The molecule has 1 atom stereocenters. The fraction of sp³-hybridized carbons (Fsp3) is 0.375. The highest BCUT2D eigenvalue weighted by Gasteiger charge is 2.18. The van der Waals surface area contributed by atoms with Crippen molar-refractivity contribution in [2.24, 2.45) is 0 Å². The number of amides is 1. The minimum atomic E-state index is -2.85. The number of aliphatic hydroxyl groups is 1. The highest BCUT2D eigenvalue weighted by molar-refractivity contribution is 9.11. The Hall–Kier alpha value is -0.530. The number of nitrogens with one attached hydrogen (secondary N) is 1. The van der Waals surface area contributed by atoms with Gasteiger partial charge in [0.25, 0.3) is 12.3 Å². The molecule has 0 saturated heterocycles. The van der Waals surface area contributed by atoms with Crippen molar-refractivity contribution >= 4 is 33.2 Å². The van der Waals surface area contributed by atoms with Gasteiger partial charge in [0.05, 0.1) is 9.35 Å². The van der Waals surface area contributed by atoms with Crippen LogP contribution in [0.15, 0.2) is 15.2 Å². The van der Waals surface area contributed by atoms with Gasteiger partial charge in [-0.15, -0.1) is 11.3 Å². The molecular formula is C8H8BrF2NO2S. The van der Waals surface area contributed by atoms with Crippen molar-refractivity contribution in [3.05, 3.63) is 20.8 Å². The van der Waals surface area contributed by atoms with Crippen LogP contribution in [-0.2, 0) is 0 Å². The fourth-order valence-electron chi connectivity index (χ4n) is 0.818. The minimum Gasteiger partial charge on any atom is -0.385 e. The van der Waals surface area contributed by atoms with Gasteiger partial charge >= 0.3 is 0 Å². The Balaban J connectivity index is 2.43. The maximum absolute atomic E-state index is 11.9. The van der Waals surface area contributed by atoms with Gasteiger partial charge in [-0.3, -0.25) is 4.79 Å². The standard InChI is InChI=1S/C8H8BrF2NO2S/c9-6-1-4(3-15-6)8(14)12-2-5(13)7(10)11/h1,3,5,7,13H,2H2,(H,12,14). The molecule has 15 heavy (non-hydrogen) atoms. The molecule has 7 heteroatoms. The summed E-state index contributed by atoms with van der Waals surface area (Å²) in [5.74, 6) is -0.475. The van der Waals surface area contributed by atoms with E-state index in [-0.39, 0.29) is 0 Å². The zero-order valence-corrected chi connectivity index (χ0v) is 9.82. The first-order chi connectivity index (χ1) is 7.00. The number of halogens is 3. The summed E-state index contributed by atoms with van der Waals surface area (Å²) in [6, 6.07) is 1.58. The lowest BCUT2D eigenvalue weighted by Crippen LogP contribution is -2.35. The first kappa shape index (κ1) is 12.5. The van der Waals surface area contributed by atoms with Crippen LogP contribution in [-0.4, -0.2) is 30.1 Å². The molecule has 3 nitrogen and oxygen atoms in total. The maximum Gasteiger partial charge on any atom is 0.265 e. The second-order valence-electron chi connectivity index (χ2n) is 2.75. The van der Waals surface area contributed by atoms with E-state index < -0.39 is 25.0 Å². The topological polar surface area (TPSA) is 49.3 Å². The van der Waals surface area contributed by atoms with E-state index in [1.165, 1.54) is 11.3 Å². The first-order valence-corrected chi connectivity index (χ1v) is 5.66. The van der Waals surface area contributed by atoms with Crippen molar-refractivity contribution in [1.82, 2.24) is 5.32 Å². The molecule has 0 bridgehead atoms. The molecule has 2 N–H and O–H groups in total. The number of alkyl halides is 2. The number of carbonyl (C=O) groups is 1. The normalized spacial score (nSPS) is 12.9. The number of hydrogen-bond acceptors (Lipinski definition) is 3. The van der Waals surface area contributed by atoms with Gasteiger partial charge in [-0.2, -0.15) is 0 Å². The molecule has 1 amide bonds. The Labute approximate surface area is 97.2 Å². The third kappa shape index (κ3) is 3.84. The van der Waals surface area contributed by atoms with Crippen LogP contribution < -0.4 is 5.32 Å². The van der Waals surface area contributed by atoms with Crippen LogP contribution in [0.1, 0.15) is 10.4 Å². The number of thiophene rings is 1. The smallest absolute Gasteiger partial charge is 0.265 e. The molecule has 0 aliphatic carbocycles. The minimum absolute atomic E-state index is 0.383. The zero-order chi connectivity index (χ0) is 11.4. The Morgan fingerprint density at radius 2 is 2.33 bits per heavy atom. The number of aliphatic hydroxyl groups excluding tert-OH is 1. The van der Waals surface area contributed by atoms with Crippen LogP contribution in [0.4, 0.5) is 8.78 Å². The van der Waals surface area contributed by atoms with Crippen LogP contribution in [0.2, 0.25) is 0 Å². The van der Waals surface area contributed by atoms with E-state index >= 15 is 0 Å². The van der Waals surface area contributed by atoms with Crippen molar-refractivity contribution in [2.75, 3.05) is 6.54 Å². The number of carbonyl (C=O) groups excluding carboxylic acids is 1. The predicted octanol–water partition coefficient (Wildman–Crippen LogP) is 1.87. The van der Waals surface area contributed by atoms with E-state index in [0.29, 0.717) is 5.56 Å². The molecule has 84 valence electrons. The summed E-state index contributed by atoms with van der Waals surface area (Å²) in [4.78, 5) is 11.3. The van der Waals surface area contributed by atoms with Crippen LogP contribution in [0, 0.1) is 0 Å². The predicted molar refractivity (Wildman–Crippen MR) is 56.4 cm³/mol. The van der Waals surface area contributed by atoms with Gasteiger partial charge in [0.15, 0.2) is 0 Å². The number of rotatable bonds is 4. The van der Waals surface area contributed by atoms with Gasteiger partial charge in [-0.25, -0.2) is 8.78 Å². The summed E-state index contributed by atoms with van der Waals surface area (Å²) in [5, 5.41) is 12.6. The molecule has 0 aliphatic heterocycles. The van der Waals surface area contributed by atoms with E-state index in [0.717, 1.165) is 3.79 Å². The zero-order valence-electron chi connectivity index (χ0n) is 7.41. The summed E-state index contributed by atoms with van der Waals surface area (Å²) in [6.07, 6.45) is -4.67. The molecule has 0 aliphatic rings. The van der Waals surface area contributed by atoms with Gasteiger partial charge in [0.2, 0.25) is 0 Å². The van der Waals surface area contributed by atoms with Crippen molar-refractivity contribution in [3.63, 3.8) is 0 Å².